The van der Waals surface area contributed by atoms with Crippen molar-refractivity contribution < 1.29 is 18.7 Å². The third-order valence-corrected chi connectivity index (χ3v) is 8.45. The first-order valence-electron chi connectivity index (χ1n) is 16.2. The van der Waals surface area contributed by atoms with Crippen LogP contribution in [-0.4, -0.2) is 72.0 Å². The number of hydrogen-bond acceptors (Lipinski definition) is 5. The van der Waals surface area contributed by atoms with Crippen molar-refractivity contribution >= 4 is 12.0 Å². The lowest BCUT2D eigenvalue weighted by molar-refractivity contribution is 0.0132. The zero-order chi connectivity index (χ0) is 34.1. The first-order chi connectivity index (χ1) is 22.0. The van der Waals surface area contributed by atoms with Gasteiger partial charge in [-0.05, 0) is 44.7 Å². The zero-order valence-electron chi connectivity index (χ0n) is 28.8. The SMILES string of the molecule is Cc1cc(C(=O)N(C[C@]2(F)CCN(C(=O)OC(C)(C)C)C2)[C@@H](c2nc(-c3ccccc3)cn2Cc2ccccc2)C(C)(C)C)nn1C. The number of carbonyl (C=O) groups excluding carboxylic acids is 2. The average Bonchev–Trinajstić information content (AvgIpc) is 3.69. The summed E-state index contributed by atoms with van der Waals surface area (Å²) in [5.74, 6) is 0.253. The molecule has 2 aromatic carbocycles. The molecule has 2 aromatic heterocycles. The molecular weight excluding hydrogens is 595 g/mol. The fourth-order valence-corrected chi connectivity index (χ4v) is 6.14. The minimum Gasteiger partial charge on any atom is -0.444 e. The Labute approximate surface area is 277 Å². The number of nitrogens with zero attached hydrogens (tertiary/aromatic N) is 6. The second kappa shape index (κ2) is 13.0. The number of carbonyl (C=O) groups is 2. The zero-order valence-corrected chi connectivity index (χ0v) is 28.8. The van der Waals surface area contributed by atoms with Crippen LogP contribution in [0.4, 0.5) is 9.18 Å². The van der Waals surface area contributed by atoms with E-state index in [2.05, 4.69) is 21.8 Å². The number of imidazole rings is 1. The van der Waals surface area contributed by atoms with Crippen molar-refractivity contribution in [1.29, 1.82) is 0 Å². The average molecular weight is 643 g/mol. The normalized spacial score (nSPS) is 17.5. The first kappa shape index (κ1) is 33.9. The van der Waals surface area contributed by atoms with Crippen LogP contribution < -0.4 is 0 Å². The van der Waals surface area contributed by atoms with Crippen molar-refractivity contribution in [3.8, 4) is 11.3 Å². The number of aromatic nitrogens is 4. The van der Waals surface area contributed by atoms with Gasteiger partial charge in [-0.1, -0.05) is 81.4 Å². The molecule has 0 saturated carbocycles. The Morgan fingerprint density at radius 2 is 1.66 bits per heavy atom. The van der Waals surface area contributed by atoms with E-state index in [-0.39, 0.29) is 31.7 Å². The number of rotatable bonds is 8. The van der Waals surface area contributed by atoms with E-state index in [4.69, 9.17) is 9.72 Å². The molecule has 2 atom stereocenters. The van der Waals surface area contributed by atoms with E-state index in [1.165, 1.54) is 4.90 Å². The highest BCUT2D eigenvalue weighted by Gasteiger charge is 2.48. The summed E-state index contributed by atoms with van der Waals surface area (Å²) >= 11 is 0. The largest absolute Gasteiger partial charge is 0.444 e. The maximum absolute atomic E-state index is 17.1. The summed E-state index contributed by atoms with van der Waals surface area (Å²) in [5.41, 5.74) is 0.657. The molecule has 1 aliphatic heterocycles. The summed E-state index contributed by atoms with van der Waals surface area (Å²) in [5, 5.41) is 4.50. The van der Waals surface area contributed by atoms with Crippen molar-refractivity contribution in [2.75, 3.05) is 19.6 Å². The number of ether oxygens (including phenoxy) is 1. The Morgan fingerprint density at radius 1 is 1.02 bits per heavy atom. The highest BCUT2D eigenvalue weighted by Crippen LogP contribution is 2.42. The molecule has 0 N–H and O–H groups in total. The standard InChI is InChI=1S/C37H47FN6O3/c1-26-21-29(40-41(26)8)33(45)44(25-37(38)19-20-42(24-37)34(46)47-36(5,6)7)31(35(2,3)4)32-39-30(28-17-13-10-14-18-28)23-43(32)22-27-15-11-9-12-16-27/h9-18,21,23,31H,19-20,22,24-25H2,1-8H3/t31-,37-/m0/s1. The smallest absolute Gasteiger partial charge is 0.410 e. The van der Waals surface area contributed by atoms with Crippen LogP contribution in [-0.2, 0) is 18.3 Å². The van der Waals surface area contributed by atoms with Gasteiger partial charge in [0.2, 0.25) is 0 Å². The molecule has 0 spiro atoms. The monoisotopic (exact) mass is 642 g/mol. The van der Waals surface area contributed by atoms with Crippen LogP contribution in [0.15, 0.2) is 72.9 Å². The van der Waals surface area contributed by atoms with Gasteiger partial charge in [0.05, 0.1) is 24.8 Å². The van der Waals surface area contributed by atoms with E-state index in [0.29, 0.717) is 12.4 Å². The second-order valence-corrected chi connectivity index (χ2v) is 14.8. The minimum absolute atomic E-state index is 0.0713. The lowest BCUT2D eigenvalue weighted by Crippen LogP contribution is -2.50. The maximum Gasteiger partial charge on any atom is 0.410 e. The van der Waals surface area contributed by atoms with Crippen LogP contribution >= 0.6 is 0 Å². The molecule has 2 amide bonds. The molecule has 9 nitrogen and oxygen atoms in total. The minimum atomic E-state index is -1.88. The van der Waals surface area contributed by atoms with Crippen molar-refractivity contribution in [2.45, 2.75) is 78.7 Å². The van der Waals surface area contributed by atoms with Crippen molar-refractivity contribution in [3.05, 3.63) is 95.7 Å². The molecule has 0 unspecified atom stereocenters. The van der Waals surface area contributed by atoms with Crippen molar-refractivity contribution in [2.24, 2.45) is 12.5 Å². The van der Waals surface area contributed by atoms with Gasteiger partial charge < -0.3 is 19.1 Å². The summed E-state index contributed by atoms with van der Waals surface area (Å²) in [4.78, 5) is 35.7. The van der Waals surface area contributed by atoms with Gasteiger partial charge in [0.25, 0.3) is 5.91 Å². The lowest BCUT2D eigenvalue weighted by Gasteiger charge is -2.42. The molecule has 10 heteroatoms. The number of hydrogen-bond donors (Lipinski definition) is 0. The van der Waals surface area contributed by atoms with Crippen LogP contribution in [0.25, 0.3) is 11.3 Å². The number of benzene rings is 2. The Morgan fingerprint density at radius 3 is 2.23 bits per heavy atom. The van der Waals surface area contributed by atoms with Crippen molar-refractivity contribution in [3.63, 3.8) is 0 Å². The van der Waals surface area contributed by atoms with Crippen molar-refractivity contribution in [1.82, 2.24) is 29.1 Å². The van der Waals surface area contributed by atoms with Crippen LogP contribution in [0.2, 0.25) is 0 Å². The van der Waals surface area contributed by atoms with Gasteiger partial charge in [0.15, 0.2) is 5.69 Å². The summed E-state index contributed by atoms with van der Waals surface area (Å²) in [6, 6.07) is 21.1. The fourth-order valence-electron chi connectivity index (χ4n) is 6.14. The van der Waals surface area contributed by atoms with E-state index >= 15 is 4.39 Å². The van der Waals surface area contributed by atoms with E-state index in [9.17, 15) is 9.59 Å². The molecule has 0 bridgehead atoms. The van der Waals surface area contributed by atoms with Gasteiger partial charge in [0.1, 0.15) is 17.1 Å². The predicted molar refractivity (Wildman–Crippen MR) is 181 cm³/mol. The number of alkyl halides is 1. The summed E-state index contributed by atoms with van der Waals surface area (Å²) in [6.07, 6.45) is 1.52. The summed E-state index contributed by atoms with van der Waals surface area (Å²) in [6.45, 7) is 13.6. The van der Waals surface area contributed by atoms with E-state index < -0.39 is 34.7 Å². The van der Waals surface area contributed by atoms with E-state index in [1.807, 2.05) is 82.4 Å². The number of halogens is 1. The molecule has 1 fully saturated rings. The molecule has 1 saturated heterocycles. The molecule has 0 aliphatic carbocycles. The third kappa shape index (κ3) is 7.92. The van der Waals surface area contributed by atoms with E-state index in [0.717, 1.165) is 22.5 Å². The van der Waals surface area contributed by atoms with Gasteiger partial charge in [-0.15, -0.1) is 0 Å². The van der Waals surface area contributed by atoms with E-state index in [1.54, 1.807) is 43.5 Å². The fraction of sp³-hybridized carbons (Fsp3) is 0.459. The Bertz CT molecular complexity index is 1680. The van der Waals surface area contributed by atoms with Crippen LogP contribution in [0, 0.1) is 12.3 Å². The van der Waals surface area contributed by atoms with Crippen LogP contribution in [0.1, 0.15) is 81.6 Å². The van der Waals surface area contributed by atoms with Gasteiger partial charge in [-0.3, -0.25) is 9.48 Å². The van der Waals surface area contributed by atoms with Gasteiger partial charge >= 0.3 is 6.09 Å². The molecule has 47 heavy (non-hydrogen) atoms. The summed E-state index contributed by atoms with van der Waals surface area (Å²) in [7, 11) is 1.78. The topological polar surface area (TPSA) is 85.5 Å². The highest BCUT2D eigenvalue weighted by atomic mass is 19.1. The highest BCUT2D eigenvalue weighted by molar-refractivity contribution is 5.93. The molecule has 3 heterocycles. The Balaban J connectivity index is 1.61. The predicted octanol–water partition coefficient (Wildman–Crippen LogP) is 7.22. The number of amides is 2. The molecular formula is C37H47FN6O3. The van der Waals surface area contributed by atoms with Crippen LogP contribution in [0.5, 0.6) is 0 Å². The number of aryl methyl sites for hydroxylation is 2. The van der Waals surface area contributed by atoms with Gasteiger partial charge in [-0.25, -0.2) is 14.2 Å². The number of likely N-dealkylation sites (tertiary alicyclic amines) is 1. The second-order valence-electron chi connectivity index (χ2n) is 14.8. The Kier molecular flexibility index (Phi) is 9.35. The molecule has 1 aliphatic rings. The Hall–Kier alpha value is -4.47. The molecule has 4 aromatic rings. The lowest BCUT2D eigenvalue weighted by atomic mass is 9.83. The molecule has 0 radical (unpaired) electrons. The van der Waals surface area contributed by atoms with Crippen LogP contribution in [0.3, 0.4) is 0 Å². The summed E-state index contributed by atoms with van der Waals surface area (Å²) < 4.78 is 26.3. The maximum atomic E-state index is 17.1. The molecule has 5 rings (SSSR count). The first-order valence-corrected chi connectivity index (χ1v) is 16.2. The quantitative estimate of drug-likeness (QED) is 0.203. The van der Waals surface area contributed by atoms with Gasteiger partial charge in [-0.2, -0.15) is 5.10 Å². The third-order valence-electron chi connectivity index (χ3n) is 8.45. The van der Waals surface area contributed by atoms with Gasteiger partial charge in [0, 0.05) is 44.0 Å². The molecule has 250 valence electrons.